The zero-order chi connectivity index (χ0) is 15.6. The average Bonchev–Trinajstić information content (AvgIpc) is 2.88. The molecule has 114 valence electrons. The molecule has 21 heavy (non-hydrogen) atoms. The van der Waals surface area contributed by atoms with E-state index in [4.69, 9.17) is 4.74 Å². The summed E-state index contributed by atoms with van der Waals surface area (Å²) in [6.45, 7) is 4.03. The summed E-state index contributed by atoms with van der Waals surface area (Å²) in [7, 11) is 0. The standard InChI is InChI=1S/C15H19NO5/c1-10(2)15(7-3-4-8-15)21-13-9-11(14(17)18)5-6-12(13)16(19)20/h5-6,9-10H,3-4,7-8H2,1-2H3,(H,17,18)/p-1. The van der Waals surface area contributed by atoms with E-state index in [2.05, 4.69) is 0 Å². The van der Waals surface area contributed by atoms with Crippen LogP contribution in [0.4, 0.5) is 5.69 Å². The van der Waals surface area contributed by atoms with Gasteiger partial charge in [-0.05, 0) is 43.7 Å². The van der Waals surface area contributed by atoms with Crippen molar-refractivity contribution in [3.8, 4) is 5.75 Å². The van der Waals surface area contributed by atoms with Crippen molar-refractivity contribution >= 4 is 11.7 Å². The second kappa shape index (κ2) is 5.71. The lowest BCUT2D eigenvalue weighted by molar-refractivity contribution is -0.386. The average molecular weight is 292 g/mol. The number of nitrogens with zero attached hydrogens (tertiary/aromatic N) is 1. The highest BCUT2D eigenvalue weighted by Crippen LogP contribution is 2.42. The fourth-order valence-electron chi connectivity index (χ4n) is 2.86. The van der Waals surface area contributed by atoms with Gasteiger partial charge in [-0.25, -0.2) is 0 Å². The number of hydrogen-bond acceptors (Lipinski definition) is 5. The third-order valence-corrected chi connectivity index (χ3v) is 4.21. The predicted molar refractivity (Wildman–Crippen MR) is 74.1 cm³/mol. The number of carboxylic acid groups (broad SMARTS) is 1. The molecular formula is C15H18NO5-. The number of carboxylic acids is 1. The summed E-state index contributed by atoms with van der Waals surface area (Å²) >= 11 is 0. The molecule has 1 aliphatic rings. The fourth-order valence-corrected chi connectivity index (χ4v) is 2.86. The van der Waals surface area contributed by atoms with Gasteiger partial charge in [0, 0.05) is 11.6 Å². The smallest absolute Gasteiger partial charge is 0.310 e. The Morgan fingerprint density at radius 1 is 1.33 bits per heavy atom. The molecule has 0 radical (unpaired) electrons. The van der Waals surface area contributed by atoms with E-state index in [1.165, 1.54) is 6.07 Å². The lowest BCUT2D eigenvalue weighted by atomic mass is 9.88. The number of carbonyl (C=O) groups excluding carboxylic acids is 1. The Morgan fingerprint density at radius 2 is 1.95 bits per heavy atom. The lowest BCUT2D eigenvalue weighted by Gasteiger charge is -2.34. The lowest BCUT2D eigenvalue weighted by Crippen LogP contribution is -2.38. The van der Waals surface area contributed by atoms with Crippen LogP contribution in [0.3, 0.4) is 0 Å². The molecule has 0 amide bonds. The van der Waals surface area contributed by atoms with E-state index >= 15 is 0 Å². The molecule has 0 spiro atoms. The molecule has 0 unspecified atom stereocenters. The number of carbonyl (C=O) groups is 1. The van der Waals surface area contributed by atoms with Gasteiger partial charge in [-0.3, -0.25) is 10.1 Å². The maximum absolute atomic E-state index is 11.1. The van der Waals surface area contributed by atoms with Crippen molar-refractivity contribution in [3.63, 3.8) is 0 Å². The molecule has 0 N–H and O–H groups in total. The Bertz CT molecular complexity index is 561. The van der Waals surface area contributed by atoms with E-state index in [-0.39, 0.29) is 22.9 Å². The van der Waals surface area contributed by atoms with E-state index < -0.39 is 16.5 Å². The minimum absolute atomic E-state index is 0.0114. The largest absolute Gasteiger partial charge is 0.545 e. The Labute approximate surface area is 122 Å². The van der Waals surface area contributed by atoms with Gasteiger partial charge in [-0.1, -0.05) is 13.8 Å². The first kappa shape index (κ1) is 15.3. The van der Waals surface area contributed by atoms with Crippen molar-refractivity contribution in [1.29, 1.82) is 0 Å². The number of hydrogen-bond donors (Lipinski definition) is 0. The van der Waals surface area contributed by atoms with E-state index in [9.17, 15) is 20.0 Å². The molecule has 1 aliphatic carbocycles. The number of nitro groups is 1. The van der Waals surface area contributed by atoms with Crippen molar-refractivity contribution in [2.24, 2.45) is 5.92 Å². The van der Waals surface area contributed by atoms with Gasteiger partial charge >= 0.3 is 5.69 Å². The molecule has 1 aromatic carbocycles. The van der Waals surface area contributed by atoms with Crippen LogP contribution in [0.2, 0.25) is 0 Å². The van der Waals surface area contributed by atoms with E-state index in [1.54, 1.807) is 0 Å². The van der Waals surface area contributed by atoms with Crippen LogP contribution in [0.15, 0.2) is 18.2 Å². The summed E-state index contributed by atoms with van der Waals surface area (Å²) in [5, 5.41) is 22.1. The van der Waals surface area contributed by atoms with Gasteiger partial charge in [-0.2, -0.15) is 0 Å². The van der Waals surface area contributed by atoms with E-state index in [1.807, 2.05) is 13.8 Å². The monoisotopic (exact) mass is 292 g/mol. The van der Waals surface area contributed by atoms with Gasteiger partial charge in [-0.15, -0.1) is 0 Å². The first-order valence-electron chi connectivity index (χ1n) is 7.04. The van der Waals surface area contributed by atoms with Crippen molar-refractivity contribution < 1.29 is 19.6 Å². The molecular weight excluding hydrogens is 274 g/mol. The van der Waals surface area contributed by atoms with Gasteiger partial charge in [0.1, 0.15) is 5.60 Å². The Hall–Kier alpha value is -2.11. The molecule has 0 heterocycles. The number of benzene rings is 1. The van der Waals surface area contributed by atoms with Crippen LogP contribution in [-0.4, -0.2) is 16.5 Å². The van der Waals surface area contributed by atoms with Crippen molar-refractivity contribution in [3.05, 3.63) is 33.9 Å². The van der Waals surface area contributed by atoms with Crippen molar-refractivity contribution in [2.75, 3.05) is 0 Å². The highest BCUT2D eigenvalue weighted by atomic mass is 16.6. The molecule has 1 fully saturated rings. The molecule has 0 saturated heterocycles. The van der Waals surface area contributed by atoms with Gasteiger partial charge in [0.2, 0.25) is 0 Å². The number of ether oxygens (including phenoxy) is 1. The van der Waals surface area contributed by atoms with Crippen LogP contribution in [0.25, 0.3) is 0 Å². The van der Waals surface area contributed by atoms with Gasteiger partial charge in [0.15, 0.2) is 5.75 Å². The zero-order valence-corrected chi connectivity index (χ0v) is 12.1. The van der Waals surface area contributed by atoms with E-state index in [0.29, 0.717) is 0 Å². The molecule has 0 bridgehead atoms. The third-order valence-electron chi connectivity index (χ3n) is 4.21. The van der Waals surface area contributed by atoms with Crippen LogP contribution < -0.4 is 9.84 Å². The minimum atomic E-state index is -1.38. The summed E-state index contributed by atoms with van der Waals surface area (Å²) in [6.07, 6.45) is 3.65. The number of aromatic carboxylic acids is 1. The SMILES string of the molecule is CC(C)C1(Oc2cc(C(=O)[O-])ccc2[N+](=O)[O-])CCCC1. The highest BCUT2D eigenvalue weighted by Gasteiger charge is 2.40. The molecule has 6 heteroatoms. The molecule has 0 aromatic heterocycles. The molecule has 0 atom stereocenters. The Kier molecular flexibility index (Phi) is 4.16. The van der Waals surface area contributed by atoms with Crippen LogP contribution in [-0.2, 0) is 0 Å². The first-order valence-corrected chi connectivity index (χ1v) is 7.04. The molecule has 2 rings (SSSR count). The second-order valence-electron chi connectivity index (χ2n) is 5.76. The van der Waals surface area contributed by atoms with Crippen LogP contribution in [0.5, 0.6) is 5.75 Å². The van der Waals surface area contributed by atoms with E-state index in [0.717, 1.165) is 37.8 Å². The molecule has 0 aliphatic heterocycles. The maximum atomic E-state index is 11.1. The van der Waals surface area contributed by atoms with Crippen LogP contribution in [0.1, 0.15) is 49.9 Å². The quantitative estimate of drug-likeness (QED) is 0.613. The predicted octanol–water partition coefficient (Wildman–Crippen LogP) is 2.31. The van der Waals surface area contributed by atoms with Gasteiger partial charge in [0.05, 0.1) is 10.9 Å². The second-order valence-corrected chi connectivity index (χ2v) is 5.76. The Morgan fingerprint density at radius 3 is 2.43 bits per heavy atom. The highest BCUT2D eigenvalue weighted by molar-refractivity contribution is 5.87. The molecule has 1 saturated carbocycles. The van der Waals surface area contributed by atoms with Crippen LogP contribution >= 0.6 is 0 Å². The Balaban J connectivity index is 2.43. The van der Waals surface area contributed by atoms with Gasteiger partial charge < -0.3 is 14.6 Å². The summed E-state index contributed by atoms with van der Waals surface area (Å²) in [5.41, 5.74) is -0.797. The molecule has 1 aromatic rings. The number of rotatable bonds is 5. The molecule has 6 nitrogen and oxygen atoms in total. The van der Waals surface area contributed by atoms with Crippen LogP contribution in [0, 0.1) is 16.0 Å². The summed E-state index contributed by atoms with van der Waals surface area (Å²) in [5.74, 6) is -1.18. The summed E-state index contributed by atoms with van der Waals surface area (Å²) < 4.78 is 5.97. The summed E-state index contributed by atoms with van der Waals surface area (Å²) in [4.78, 5) is 21.5. The number of nitro benzene ring substituents is 1. The van der Waals surface area contributed by atoms with Gasteiger partial charge in [0.25, 0.3) is 0 Å². The van der Waals surface area contributed by atoms with Crippen molar-refractivity contribution in [1.82, 2.24) is 0 Å². The zero-order valence-electron chi connectivity index (χ0n) is 12.1. The maximum Gasteiger partial charge on any atom is 0.310 e. The minimum Gasteiger partial charge on any atom is -0.545 e. The third kappa shape index (κ3) is 2.99. The normalized spacial score (nSPS) is 16.9. The van der Waals surface area contributed by atoms with Crippen molar-refractivity contribution in [2.45, 2.75) is 45.1 Å². The summed E-state index contributed by atoms with van der Waals surface area (Å²) in [6, 6.07) is 3.51. The fraction of sp³-hybridized carbons (Fsp3) is 0.533. The topological polar surface area (TPSA) is 92.5 Å². The first-order chi connectivity index (χ1) is 9.85.